The number of rotatable bonds is 3. The average Bonchev–Trinajstić information content (AvgIpc) is 3.29. The summed E-state index contributed by atoms with van der Waals surface area (Å²) in [7, 11) is 1.93. The highest BCUT2D eigenvalue weighted by Crippen LogP contribution is 2.53. The highest BCUT2D eigenvalue weighted by molar-refractivity contribution is 6.05. The fourth-order valence-electron chi connectivity index (χ4n) is 5.35. The standard InChI is InChI=1S/C23H26N6O3/c1-27-22(28-10-8-23(6-7-23)9-11-28)25-19(26-27)14-2-3-16-15(12-14)13-29(21(16)32)17-4-5-18(30)24-20(17)31/h2-3,12,17H,4-11,13H2,1H3,(H,24,30,31). The predicted molar refractivity (Wildman–Crippen MR) is 116 cm³/mol. The molecule has 6 rings (SSSR count). The van der Waals surface area contributed by atoms with Crippen LogP contribution >= 0.6 is 0 Å². The summed E-state index contributed by atoms with van der Waals surface area (Å²) in [5.41, 5.74) is 2.93. The number of hydrogen-bond donors (Lipinski definition) is 1. The predicted octanol–water partition coefficient (Wildman–Crippen LogP) is 1.62. The van der Waals surface area contributed by atoms with E-state index in [9.17, 15) is 14.4 Å². The molecule has 0 bridgehead atoms. The lowest BCUT2D eigenvalue weighted by atomic mass is 9.94. The van der Waals surface area contributed by atoms with Gasteiger partial charge in [0, 0.05) is 44.2 Å². The number of fused-ring (bicyclic) bond motifs is 1. The number of hydrogen-bond acceptors (Lipinski definition) is 6. The molecule has 1 saturated carbocycles. The quantitative estimate of drug-likeness (QED) is 0.737. The molecule has 1 aromatic carbocycles. The van der Waals surface area contributed by atoms with Crippen molar-refractivity contribution in [2.75, 3.05) is 18.0 Å². The molecule has 3 fully saturated rings. The monoisotopic (exact) mass is 434 g/mol. The van der Waals surface area contributed by atoms with Crippen molar-refractivity contribution < 1.29 is 14.4 Å². The van der Waals surface area contributed by atoms with Crippen molar-refractivity contribution in [2.24, 2.45) is 12.5 Å². The van der Waals surface area contributed by atoms with Crippen molar-refractivity contribution >= 4 is 23.7 Å². The molecule has 3 amide bonds. The summed E-state index contributed by atoms with van der Waals surface area (Å²) in [6.45, 7) is 2.39. The van der Waals surface area contributed by atoms with Gasteiger partial charge in [-0.05, 0) is 55.2 Å². The Labute approximate surface area is 185 Å². The van der Waals surface area contributed by atoms with Gasteiger partial charge in [-0.2, -0.15) is 4.98 Å². The van der Waals surface area contributed by atoms with E-state index in [0.29, 0.717) is 29.8 Å². The summed E-state index contributed by atoms with van der Waals surface area (Å²) >= 11 is 0. The molecule has 1 aliphatic carbocycles. The first-order chi connectivity index (χ1) is 15.4. The third-order valence-electron chi connectivity index (χ3n) is 7.59. The third-order valence-corrected chi connectivity index (χ3v) is 7.59. The summed E-state index contributed by atoms with van der Waals surface area (Å²) in [5.74, 6) is 0.683. The molecule has 1 unspecified atom stereocenters. The highest BCUT2D eigenvalue weighted by Gasteiger charge is 2.45. The van der Waals surface area contributed by atoms with E-state index in [1.807, 2.05) is 23.9 Å². The van der Waals surface area contributed by atoms with Crippen molar-refractivity contribution in [2.45, 2.75) is 51.1 Å². The van der Waals surface area contributed by atoms with Crippen molar-refractivity contribution in [3.05, 3.63) is 29.3 Å². The van der Waals surface area contributed by atoms with Crippen LogP contribution in [0.25, 0.3) is 11.4 Å². The molecule has 32 heavy (non-hydrogen) atoms. The molecule has 1 atom stereocenters. The van der Waals surface area contributed by atoms with Gasteiger partial charge in [-0.25, -0.2) is 4.68 Å². The number of nitrogens with one attached hydrogen (secondary N) is 1. The second-order valence-corrected chi connectivity index (χ2v) is 9.62. The van der Waals surface area contributed by atoms with Crippen molar-refractivity contribution in [3.8, 4) is 11.4 Å². The molecule has 4 heterocycles. The molecule has 166 valence electrons. The first kappa shape index (κ1) is 19.5. The average molecular weight is 435 g/mol. The summed E-state index contributed by atoms with van der Waals surface area (Å²) in [6.07, 6.45) is 5.81. The van der Waals surface area contributed by atoms with Crippen LogP contribution in [-0.2, 0) is 23.2 Å². The summed E-state index contributed by atoms with van der Waals surface area (Å²) in [4.78, 5) is 45.3. The molecule has 0 radical (unpaired) electrons. The van der Waals surface area contributed by atoms with Gasteiger partial charge in [0.05, 0.1) is 0 Å². The maximum Gasteiger partial charge on any atom is 0.255 e. The van der Waals surface area contributed by atoms with E-state index in [1.165, 1.54) is 25.7 Å². The third kappa shape index (κ3) is 3.10. The Morgan fingerprint density at radius 2 is 1.88 bits per heavy atom. The fraction of sp³-hybridized carbons (Fsp3) is 0.522. The number of carbonyl (C=O) groups excluding carboxylic acids is 3. The lowest BCUT2D eigenvalue weighted by Gasteiger charge is -2.32. The molecular formula is C23H26N6O3. The van der Waals surface area contributed by atoms with E-state index in [0.717, 1.165) is 30.2 Å². The van der Waals surface area contributed by atoms with Crippen molar-refractivity contribution in [1.29, 1.82) is 0 Å². The zero-order chi connectivity index (χ0) is 22.0. The summed E-state index contributed by atoms with van der Waals surface area (Å²) in [5, 5.41) is 6.99. The zero-order valence-electron chi connectivity index (χ0n) is 18.1. The van der Waals surface area contributed by atoms with Gasteiger partial charge in [0.15, 0.2) is 5.82 Å². The van der Waals surface area contributed by atoms with Gasteiger partial charge in [-0.3, -0.25) is 19.7 Å². The Morgan fingerprint density at radius 1 is 1.09 bits per heavy atom. The SMILES string of the molecule is Cn1nc(-c2ccc3c(c2)CN(C2CCC(=O)NC2=O)C3=O)nc1N1CCC2(CC1)CC2. The van der Waals surface area contributed by atoms with E-state index in [4.69, 9.17) is 4.98 Å². The van der Waals surface area contributed by atoms with E-state index in [-0.39, 0.29) is 18.2 Å². The van der Waals surface area contributed by atoms with Crippen LogP contribution in [0, 0.1) is 5.41 Å². The molecular weight excluding hydrogens is 408 g/mol. The van der Waals surface area contributed by atoms with Crippen LogP contribution in [0.5, 0.6) is 0 Å². The number of piperidine rings is 2. The van der Waals surface area contributed by atoms with Crippen LogP contribution in [-0.4, -0.2) is 56.5 Å². The lowest BCUT2D eigenvalue weighted by Crippen LogP contribution is -2.52. The van der Waals surface area contributed by atoms with Gasteiger partial charge in [0.25, 0.3) is 5.91 Å². The molecule has 9 heteroatoms. The maximum absolute atomic E-state index is 12.9. The molecule has 3 aliphatic heterocycles. The number of aryl methyl sites for hydroxylation is 1. The number of nitrogens with zero attached hydrogens (tertiary/aromatic N) is 5. The lowest BCUT2D eigenvalue weighted by molar-refractivity contribution is -0.136. The summed E-state index contributed by atoms with van der Waals surface area (Å²) < 4.78 is 1.84. The van der Waals surface area contributed by atoms with E-state index < -0.39 is 11.9 Å². The number of imide groups is 1. The Morgan fingerprint density at radius 3 is 2.59 bits per heavy atom. The topological polar surface area (TPSA) is 100 Å². The number of amides is 3. The van der Waals surface area contributed by atoms with E-state index >= 15 is 0 Å². The Bertz CT molecular complexity index is 1140. The molecule has 2 aromatic rings. The van der Waals surface area contributed by atoms with Crippen LogP contribution in [0.1, 0.15) is 54.4 Å². The van der Waals surface area contributed by atoms with Gasteiger partial charge in [-0.1, -0.05) is 6.07 Å². The first-order valence-corrected chi connectivity index (χ1v) is 11.4. The van der Waals surface area contributed by atoms with E-state index in [1.54, 1.807) is 11.0 Å². The molecule has 4 aliphatic rings. The minimum atomic E-state index is -0.607. The minimum Gasteiger partial charge on any atom is -0.341 e. The molecule has 1 spiro atoms. The van der Waals surface area contributed by atoms with Gasteiger partial charge in [0.1, 0.15) is 6.04 Å². The second kappa shape index (κ2) is 6.88. The normalized spacial score (nSPS) is 24.2. The van der Waals surface area contributed by atoms with Gasteiger partial charge in [-0.15, -0.1) is 5.10 Å². The zero-order valence-corrected chi connectivity index (χ0v) is 18.1. The molecule has 9 nitrogen and oxygen atoms in total. The second-order valence-electron chi connectivity index (χ2n) is 9.62. The number of benzene rings is 1. The van der Waals surface area contributed by atoms with Crippen LogP contribution in [0.15, 0.2) is 18.2 Å². The Hall–Kier alpha value is -3.23. The molecule has 2 saturated heterocycles. The van der Waals surface area contributed by atoms with Crippen LogP contribution < -0.4 is 10.2 Å². The fourth-order valence-corrected chi connectivity index (χ4v) is 5.35. The molecule has 1 N–H and O–H groups in total. The number of anilines is 1. The van der Waals surface area contributed by atoms with Crippen LogP contribution in [0.2, 0.25) is 0 Å². The van der Waals surface area contributed by atoms with Crippen LogP contribution in [0.4, 0.5) is 5.95 Å². The van der Waals surface area contributed by atoms with Crippen LogP contribution in [0.3, 0.4) is 0 Å². The number of aromatic nitrogens is 3. The Kier molecular flexibility index (Phi) is 4.18. The minimum absolute atomic E-state index is 0.168. The van der Waals surface area contributed by atoms with Crippen molar-refractivity contribution in [3.63, 3.8) is 0 Å². The van der Waals surface area contributed by atoms with Gasteiger partial charge < -0.3 is 9.80 Å². The largest absolute Gasteiger partial charge is 0.341 e. The Balaban J connectivity index is 1.23. The first-order valence-electron chi connectivity index (χ1n) is 11.4. The highest BCUT2D eigenvalue weighted by atomic mass is 16.2. The van der Waals surface area contributed by atoms with Gasteiger partial charge in [0.2, 0.25) is 17.8 Å². The van der Waals surface area contributed by atoms with Gasteiger partial charge >= 0.3 is 0 Å². The molecule has 1 aromatic heterocycles. The van der Waals surface area contributed by atoms with Crippen molar-refractivity contribution in [1.82, 2.24) is 25.0 Å². The smallest absolute Gasteiger partial charge is 0.255 e. The number of carbonyl (C=O) groups is 3. The van der Waals surface area contributed by atoms with E-state index in [2.05, 4.69) is 15.3 Å². The summed E-state index contributed by atoms with van der Waals surface area (Å²) in [6, 6.07) is 5.02. The maximum atomic E-state index is 12.9.